The topological polar surface area (TPSA) is 29.5 Å². The SMILES string of the molecule is CC1CN(CC(=O)c2cccc(Cl)c2)CCO1. The number of halogens is 1. The van der Waals surface area contributed by atoms with Gasteiger partial charge in [-0.25, -0.2) is 0 Å². The maximum absolute atomic E-state index is 12.0. The zero-order valence-corrected chi connectivity index (χ0v) is 10.6. The smallest absolute Gasteiger partial charge is 0.176 e. The first-order valence-corrected chi connectivity index (χ1v) is 6.15. The Morgan fingerprint density at radius 2 is 2.41 bits per heavy atom. The predicted molar refractivity (Wildman–Crippen MR) is 67.6 cm³/mol. The molecular formula is C13H16ClNO2. The molecule has 1 fully saturated rings. The normalized spacial score (nSPS) is 21.4. The van der Waals surface area contributed by atoms with Crippen molar-refractivity contribution in [3.63, 3.8) is 0 Å². The minimum atomic E-state index is 0.113. The lowest BCUT2D eigenvalue weighted by atomic mass is 10.1. The number of carbonyl (C=O) groups is 1. The first kappa shape index (κ1) is 12.6. The molecular weight excluding hydrogens is 238 g/mol. The molecule has 4 heteroatoms. The monoisotopic (exact) mass is 253 g/mol. The van der Waals surface area contributed by atoms with E-state index in [1.807, 2.05) is 6.92 Å². The zero-order valence-electron chi connectivity index (χ0n) is 9.86. The third-order valence-electron chi connectivity index (χ3n) is 2.84. The van der Waals surface area contributed by atoms with Crippen LogP contribution < -0.4 is 0 Å². The largest absolute Gasteiger partial charge is 0.376 e. The van der Waals surface area contributed by atoms with Crippen LogP contribution in [0.1, 0.15) is 17.3 Å². The van der Waals surface area contributed by atoms with Crippen LogP contribution >= 0.6 is 11.6 Å². The van der Waals surface area contributed by atoms with Crippen LogP contribution in [0.4, 0.5) is 0 Å². The number of carbonyl (C=O) groups excluding carboxylic acids is 1. The van der Waals surface area contributed by atoms with Crippen LogP contribution in [0.2, 0.25) is 5.02 Å². The quantitative estimate of drug-likeness (QED) is 0.774. The second kappa shape index (κ2) is 5.63. The first-order chi connectivity index (χ1) is 8.15. The Hall–Kier alpha value is -0.900. The van der Waals surface area contributed by atoms with Gasteiger partial charge in [0, 0.05) is 23.7 Å². The van der Waals surface area contributed by atoms with Crippen molar-refractivity contribution in [3.8, 4) is 0 Å². The number of ether oxygens (including phenoxy) is 1. The van der Waals surface area contributed by atoms with Crippen LogP contribution in [0.3, 0.4) is 0 Å². The van der Waals surface area contributed by atoms with E-state index < -0.39 is 0 Å². The van der Waals surface area contributed by atoms with E-state index in [1.54, 1.807) is 24.3 Å². The summed E-state index contributed by atoms with van der Waals surface area (Å²) in [5.74, 6) is 0.113. The van der Waals surface area contributed by atoms with E-state index in [9.17, 15) is 4.79 Å². The van der Waals surface area contributed by atoms with Gasteiger partial charge < -0.3 is 4.74 Å². The van der Waals surface area contributed by atoms with Crippen LogP contribution in [-0.4, -0.2) is 43.0 Å². The first-order valence-electron chi connectivity index (χ1n) is 5.78. The number of nitrogens with zero attached hydrogens (tertiary/aromatic N) is 1. The van der Waals surface area contributed by atoms with Gasteiger partial charge in [0.15, 0.2) is 5.78 Å². The standard InChI is InChI=1S/C13H16ClNO2/c1-10-8-15(5-6-17-10)9-13(16)11-3-2-4-12(14)7-11/h2-4,7,10H,5-6,8-9H2,1H3. The van der Waals surface area contributed by atoms with Crippen molar-refractivity contribution in [2.75, 3.05) is 26.2 Å². The van der Waals surface area contributed by atoms with Crippen LogP contribution in [0.15, 0.2) is 24.3 Å². The van der Waals surface area contributed by atoms with Crippen molar-refractivity contribution in [2.45, 2.75) is 13.0 Å². The zero-order chi connectivity index (χ0) is 12.3. The highest BCUT2D eigenvalue weighted by molar-refractivity contribution is 6.31. The van der Waals surface area contributed by atoms with E-state index >= 15 is 0 Å². The van der Waals surface area contributed by atoms with Crippen molar-refractivity contribution in [3.05, 3.63) is 34.9 Å². The highest BCUT2D eigenvalue weighted by Gasteiger charge is 2.19. The fourth-order valence-corrected chi connectivity index (χ4v) is 2.18. The van der Waals surface area contributed by atoms with Crippen molar-refractivity contribution in [1.29, 1.82) is 0 Å². The molecule has 1 aromatic carbocycles. The van der Waals surface area contributed by atoms with Crippen LogP contribution in [0, 0.1) is 0 Å². The lowest BCUT2D eigenvalue weighted by molar-refractivity contribution is -0.0158. The second-order valence-corrected chi connectivity index (χ2v) is 4.79. The minimum absolute atomic E-state index is 0.113. The minimum Gasteiger partial charge on any atom is -0.376 e. The molecule has 0 saturated carbocycles. The van der Waals surface area contributed by atoms with E-state index in [1.165, 1.54) is 0 Å². The van der Waals surface area contributed by atoms with Gasteiger partial charge >= 0.3 is 0 Å². The molecule has 0 radical (unpaired) electrons. The van der Waals surface area contributed by atoms with Crippen molar-refractivity contribution < 1.29 is 9.53 Å². The number of hydrogen-bond acceptors (Lipinski definition) is 3. The molecule has 0 aromatic heterocycles. The van der Waals surface area contributed by atoms with E-state index in [-0.39, 0.29) is 11.9 Å². The summed E-state index contributed by atoms with van der Waals surface area (Å²) in [6, 6.07) is 7.10. The van der Waals surface area contributed by atoms with E-state index in [4.69, 9.17) is 16.3 Å². The van der Waals surface area contributed by atoms with Crippen LogP contribution in [0.5, 0.6) is 0 Å². The Kier molecular flexibility index (Phi) is 4.15. The maximum Gasteiger partial charge on any atom is 0.176 e. The summed E-state index contributed by atoms with van der Waals surface area (Å²) >= 11 is 5.87. The molecule has 0 bridgehead atoms. The third-order valence-corrected chi connectivity index (χ3v) is 3.07. The van der Waals surface area contributed by atoms with Gasteiger partial charge in [-0.15, -0.1) is 0 Å². The summed E-state index contributed by atoms with van der Waals surface area (Å²) in [7, 11) is 0. The molecule has 92 valence electrons. The summed E-state index contributed by atoms with van der Waals surface area (Å²) in [6.07, 6.45) is 0.205. The van der Waals surface area contributed by atoms with Crippen LogP contribution in [-0.2, 0) is 4.74 Å². The van der Waals surface area contributed by atoms with Gasteiger partial charge in [-0.3, -0.25) is 9.69 Å². The van der Waals surface area contributed by atoms with Gasteiger partial charge in [0.2, 0.25) is 0 Å². The Labute approximate surface area is 106 Å². The molecule has 1 aliphatic rings. The number of rotatable bonds is 3. The predicted octanol–water partition coefficient (Wildman–Crippen LogP) is 2.24. The van der Waals surface area contributed by atoms with Crippen molar-refractivity contribution >= 4 is 17.4 Å². The van der Waals surface area contributed by atoms with Crippen molar-refractivity contribution in [2.24, 2.45) is 0 Å². The highest BCUT2D eigenvalue weighted by Crippen LogP contribution is 2.12. The van der Waals surface area contributed by atoms with Crippen molar-refractivity contribution in [1.82, 2.24) is 4.90 Å². The summed E-state index contributed by atoms with van der Waals surface area (Å²) in [5, 5.41) is 0.603. The molecule has 0 N–H and O–H groups in total. The molecule has 1 saturated heterocycles. The molecule has 2 rings (SSSR count). The molecule has 1 heterocycles. The van der Waals surface area contributed by atoms with E-state index in [2.05, 4.69) is 4.90 Å². The molecule has 3 nitrogen and oxygen atoms in total. The summed E-state index contributed by atoms with van der Waals surface area (Å²) < 4.78 is 5.44. The van der Waals surface area contributed by atoms with Gasteiger partial charge in [0.1, 0.15) is 0 Å². The molecule has 1 aliphatic heterocycles. The number of benzene rings is 1. The fourth-order valence-electron chi connectivity index (χ4n) is 1.99. The van der Waals surface area contributed by atoms with Crippen LogP contribution in [0.25, 0.3) is 0 Å². The number of Topliss-reactive ketones (excluding diaryl/α,β-unsaturated/α-hetero) is 1. The Morgan fingerprint density at radius 3 is 3.12 bits per heavy atom. The third kappa shape index (κ3) is 3.53. The molecule has 1 atom stereocenters. The summed E-state index contributed by atoms with van der Waals surface area (Å²) in [6.45, 7) is 4.79. The highest BCUT2D eigenvalue weighted by atomic mass is 35.5. The Bertz CT molecular complexity index is 408. The van der Waals surface area contributed by atoms with Gasteiger partial charge in [0.25, 0.3) is 0 Å². The average molecular weight is 254 g/mol. The maximum atomic E-state index is 12.0. The lowest BCUT2D eigenvalue weighted by Gasteiger charge is -2.30. The molecule has 0 spiro atoms. The molecule has 0 aliphatic carbocycles. The average Bonchev–Trinajstić information content (AvgIpc) is 2.29. The Balaban J connectivity index is 1.97. The number of morpholine rings is 1. The van der Waals surface area contributed by atoms with Gasteiger partial charge in [-0.2, -0.15) is 0 Å². The summed E-state index contributed by atoms with van der Waals surface area (Å²) in [4.78, 5) is 14.2. The summed E-state index contributed by atoms with van der Waals surface area (Å²) in [5.41, 5.74) is 0.677. The number of ketones is 1. The Morgan fingerprint density at radius 1 is 1.59 bits per heavy atom. The molecule has 1 aromatic rings. The lowest BCUT2D eigenvalue weighted by Crippen LogP contribution is -2.43. The molecule has 17 heavy (non-hydrogen) atoms. The fraction of sp³-hybridized carbons (Fsp3) is 0.462. The van der Waals surface area contributed by atoms with E-state index in [0.717, 1.165) is 13.1 Å². The van der Waals surface area contributed by atoms with Gasteiger partial charge in [0.05, 0.1) is 19.3 Å². The second-order valence-electron chi connectivity index (χ2n) is 4.35. The molecule has 0 amide bonds. The van der Waals surface area contributed by atoms with E-state index in [0.29, 0.717) is 23.7 Å². The number of hydrogen-bond donors (Lipinski definition) is 0. The van der Waals surface area contributed by atoms with Gasteiger partial charge in [-0.05, 0) is 19.1 Å². The molecule has 1 unspecified atom stereocenters. The van der Waals surface area contributed by atoms with Gasteiger partial charge in [-0.1, -0.05) is 23.7 Å².